The van der Waals surface area contributed by atoms with Crippen LogP contribution in [0.2, 0.25) is 0 Å². The van der Waals surface area contributed by atoms with Crippen LogP contribution in [0.15, 0.2) is 24.3 Å². The second-order valence-electron chi connectivity index (χ2n) is 5.64. The normalized spacial score (nSPS) is 26.6. The van der Waals surface area contributed by atoms with E-state index in [0.29, 0.717) is 13.0 Å². The number of alkyl halides is 4. The fraction of sp³-hybridized carbons (Fsp3) is 0.533. The average Bonchev–Trinajstić information content (AvgIpc) is 2.85. The highest BCUT2D eigenvalue weighted by molar-refractivity contribution is 5.97. The summed E-state index contributed by atoms with van der Waals surface area (Å²) in [5.41, 5.74) is -0.199. The molecular formula is C15H15F4NO3. The summed E-state index contributed by atoms with van der Waals surface area (Å²) in [5, 5.41) is 2.73. The molecule has 0 spiro atoms. The van der Waals surface area contributed by atoms with E-state index in [1.54, 1.807) is 0 Å². The van der Waals surface area contributed by atoms with Gasteiger partial charge < -0.3 is 14.8 Å². The lowest BCUT2D eigenvalue weighted by Crippen LogP contribution is -2.53. The highest BCUT2D eigenvalue weighted by atomic mass is 19.3. The van der Waals surface area contributed by atoms with Crippen molar-refractivity contribution in [3.05, 3.63) is 29.8 Å². The van der Waals surface area contributed by atoms with Gasteiger partial charge in [-0.1, -0.05) is 12.1 Å². The van der Waals surface area contributed by atoms with Crippen molar-refractivity contribution in [1.82, 2.24) is 5.32 Å². The SMILES string of the molecule is O=C(N[C@H]1C[C@@H]2OCC[C@H]12)c1ccccc1OC(F)(F)C(F)F. The van der Waals surface area contributed by atoms with Crippen LogP contribution in [-0.4, -0.2) is 37.2 Å². The molecule has 1 N–H and O–H groups in total. The molecule has 0 unspecified atom stereocenters. The molecule has 1 saturated heterocycles. The maximum absolute atomic E-state index is 13.1. The molecule has 8 heteroatoms. The number of hydrogen-bond acceptors (Lipinski definition) is 3. The van der Waals surface area contributed by atoms with Gasteiger partial charge in [0.15, 0.2) is 0 Å². The lowest BCUT2D eigenvalue weighted by Gasteiger charge is -2.39. The van der Waals surface area contributed by atoms with Gasteiger partial charge in [0.05, 0.1) is 11.7 Å². The number of carbonyl (C=O) groups is 1. The van der Waals surface area contributed by atoms with Gasteiger partial charge in [0, 0.05) is 18.6 Å². The van der Waals surface area contributed by atoms with E-state index in [2.05, 4.69) is 10.1 Å². The van der Waals surface area contributed by atoms with E-state index in [1.807, 2.05) is 0 Å². The topological polar surface area (TPSA) is 47.6 Å². The molecule has 0 bridgehead atoms. The van der Waals surface area contributed by atoms with Crippen LogP contribution in [0.3, 0.4) is 0 Å². The molecule has 23 heavy (non-hydrogen) atoms. The van der Waals surface area contributed by atoms with Gasteiger partial charge in [-0.3, -0.25) is 4.79 Å². The van der Waals surface area contributed by atoms with Crippen molar-refractivity contribution in [2.45, 2.75) is 37.5 Å². The van der Waals surface area contributed by atoms with Crippen molar-refractivity contribution in [3.63, 3.8) is 0 Å². The first-order chi connectivity index (χ1) is 10.9. The Hall–Kier alpha value is -1.83. The first kappa shape index (κ1) is 16.0. The van der Waals surface area contributed by atoms with Crippen LogP contribution >= 0.6 is 0 Å². The average molecular weight is 333 g/mol. The van der Waals surface area contributed by atoms with Crippen LogP contribution < -0.4 is 10.1 Å². The molecule has 4 nitrogen and oxygen atoms in total. The van der Waals surface area contributed by atoms with Gasteiger partial charge in [-0.05, 0) is 25.0 Å². The van der Waals surface area contributed by atoms with Crippen molar-refractivity contribution in [1.29, 1.82) is 0 Å². The number of halogens is 4. The summed E-state index contributed by atoms with van der Waals surface area (Å²) in [6.07, 6.45) is -7.02. The van der Waals surface area contributed by atoms with Crippen LogP contribution in [0.4, 0.5) is 17.6 Å². The van der Waals surface area contributed by atoms with Crippen molar-refractivity contribution in [3.8, 4) is 5.75 Å². The summed E-state index contributed by atoms with van der Waals surface area (Å²) in [7, 11) is 0. The van der Waals surface area contributed by atoms with Crippen molar-refractivity contribution in [2.24, 2.45) is 5.92 Å². The molecule has 3 atom stereocenters. The van der Waals surface area contributed by atoms with Gasteiger partial charge in [-0.2, -0.15) is 17.6 Å². The second kappa shape index (κ2) is 5.99. The zero-order chi connectivity index (χ0) is 16.6. The molecule has 1 aliphatic heterocycles. The Labute approximate surface area is 129 Å². The summed E-state index contributed by atoms with van der Waals surface area (Å²) in [5.74, 6) is -0.982. The Bertz CT molecular complexity index is 596. The molecule has 1 amide bonds. The molecule has 1 aromatic carbocycles. The Morgan fingerprint density at radius 3 is 2.78 bits per heavy atom. The Morgan fingerprint density at radius 1 is 1.35 bits per heavy atom. The van der Waals surface area contributed by atoms with Crippen molar-refractivity contribution < 1.29 is 31.8 Å². The third kappa shape index (κ3) is 3.12. The minimum atomic E-state index is -4.66. The first-order valence-electron chi connectivity index (χ1n) is 7.25. The molecule has 1 aliphatic carbocycles. The fourth-order valence-corrected chi connectivity index (χ4v) is 2.94. The molecule has 0 aromatic heterocycles. The monoisotopic (exact) mass is 333 g/mol. The van der Waals surface area contributed by atoms with Gasteiger partial charge in [0.1, 0.15) is 5.75 Å². The van der Waals surface area contributed by atoms with E-state index in [9.17, 15) is 22.4 Å². The summed E-state index contributed by atoms with van der Waals surface area (Å²) in [6, 6.07) is 5.00. The third-order valence-corrected chi connectivity index (χ3v) is 4.21. The molecule has 126 valence electrons. The van der Waals surface area contributed by atoms with E-state index in [1.165, 1.54) is 18.2 Å². The van der Waals surface area contributed by atoms with Crippen LogP contribution in [0, 0.1) is 5.92 Å². The number of hydrogen-bond donors (Lipinski definition) is 1. The third-order valence-electron chi connectivity index (χ3n) is 4.21. The number of rotatable bonds is 5. The maximum atomic E-state index is 13.1. The van der Waals surface area contributed by atoms with Gasteiger partial charge in [-0.25, -0.2) is 0 Å². The summed E-state index contributed by atoms with van der Waals surface area (Å²) < 4.78 is 60.2. The molecule has 0 radical (unpaired) electrons. The highest BCUT2D eigenvalue weighted by Crippen LogP contribution is 2.39. The molecule has 3 rings (SSSR count). The zero-order valence-corrected chi connectivity index (χ0v) is 12.0. The summed E-state index contributed by atoms with van der Waals surface area (Å²) >= 11 is 0. The molecule has 1 saturated carbocycles. The summed E-state index contributed by atoms with van der Waals surface area (Å²) in [4.78, 5) is 12.2. The van der Waals surface area contributed by atoms with E-state index in [4.69, 9.17) is 4.74 Å². The predicted molar refractivity (Wildman–Crippen MR) is 71.7 cm³/mol. The van der Waals surface area contributed by atoms with Gasteiger partial charge in [0.25, 0.3) is 5.91 Å². The van der Waals surface area contributed by atoms with Crippen LogP contribution in [0.5, 0.6) is 5.75 Å². The standard InChI is InChI=1S/C15H15F4NO3/c16-14(17)15(18,19)23-11-4-2-1-3-9(11)13(21)20-10-7-12-8(10)5-6-22-12/h1-4,8,10,12,14H,5-7H2,(H,20,21)/t8-,10+,12+/m1/s1. The molecular weight excluding hydrogens is 318 g/mol. The highest BCUT2D eigenvalue weighted by Gasteiger charge is 2.47. The zero-order valence-electron chi connectivity index (χ0n) is 12.0. The number of fused-ring (bicyclic) bond motifs is 1. The fourth-order valence-electron chi connectivity index (χ4n) is 2.94. The molecule has 1 heterocycles. The number of benzene rings is 1. The van der Waals surface area contributed by atoms with Gasteiger partial charge >= 0.3 is 12.5 Å². The molecule has 2 aliphatic rings. The Balaban J connectivity index is 1.71. The Morgan fingerprint density at radius 2 is 2.09 bits per heavy atom. The number of nitrogens with one attached hydrogen (secondary N) is 1. The number of ether oxygens (including phenoxy) is 2. The van der Waals surface area contributed by atoms with Gasteiger partial charge in [-0.15, -0.1) is 0 Å². The minimum Gasteiger partial charge on any atom is -0.427 e. The van der Waals surface area contributed by atoms with E-state index in [0.717, 1.165) is 12.5 Å². The predicted octanol–water partition coefficient (Wildman–Crippen LogP) is 2.83. The smallest absolute Gasteiger partial charge is 0.427 e. The van der Waals surface area contributed by atoms with E-state index < -0.39 is 24.2 Å². The van der Waals surface area contributed by atoms with Gasteiger partial charge in [0.2, 0.25) is 0 Å². The Kier molecular flexibility index (Phi) is 4.18. The molecule has 1 aromatic rings. The summed E-state index contributed by atoms with van der Waals surface area (Å²) in [6.45, 7) is 0.641. The number of para-hydroxylation sites is 1. The lowest BCUT2D eigenvalue weighted by molar-refractivity contribution is -0.253. The number of amides is 1. The lowest BCUT2D eigenvalue weighted by atomic mass is 9.76. The van der Waals surface area contributed by atoms with Crippen molar-refractivity contribution >= 4 is 5.91 Å². The first-order valence-corrected chi connectivity index (χ1v) is 7.25. The van der Waals surface area contributed by atoms with E-state index >= 15 is 0 Å². The second-order valence-corrected chi connectivity index (χ2v) is 5.64. The van der Waals surface area contributed by atoms with E-state index in [-0.39, 0.29) is 23.6 Å². The molecule has 2 fully saturated rings. The maximum Gasteiger partial charge on any atom is 0.461 e. The van der Waals surface area contributed by atoms with Crippen LogP contribution in [-0.2, 0) is 4.74 Å². The van der Waals surface area contributed by atoms with Crippen LogP contribution in [0.1, 0.15) is 23.2 Å². The largest absolute Gasteiger partial charge is 0.461 e. The quantitative estimate of drug-likeness (QED) is 0.843. The van der Waals surface area contributed by atoms with Crippen molar-refractivity contribution in [2.75, 3.05) is 6.61 Å². The van der Waals surface area contributed by atoms with Crippen LogP contribution in [0.25, 0.3) is 0 Å². The minimum absolute atomic E-state index is 0.0985. The number of carbonyl (C=O) groups excluding carboxylic acids is 1.